The summed E-state index contributed by atoms with van der Waals surface area (Å²) in [4.78, 5) is 19.5. The Morgan fingerprint density at radius 2 is 1.61 bits per heavy atom. The van der Waals surface area contributed by atoms with Crippen molar-refractivity contribution in [2.24, 2.45) is 5.73 Å². The Kier molecular flexibility index (Phi) is 7.37. The molecular weight excluding hydrogens is 410 g/mol. The van der Waals surface area contributed by atoms with Crippen molar-refractivity contribution in [1.29, 1.82) is 0 Å². The van der Waals surface area contributed by atoms with Gasteiger partial charge in [0.15, 0.2) is 0 Å². The zero-order chi connectivity index (χ0) is 23.1. The topological polar surface area (TPSA) is 97.3 Å². The van der Waals surface area contributed by atoms with Crippen molar-refractivity contribution < 1.29 is 4.79 Å². The van der Waals surface area contributed by atoms with Crippen LogP contribution in [0.4, 0.5) is 5.82 Å². The Morgan fingerprint density at radius 3 is 2.30 bits per heavy atom. The van der Waals surface area contributed by atoms with Gasteiger partial charge in [-0.2, -0.15) is 0 Å². The first-order chi connectivity index (χ1) is 16.0. The SMILES string of the molecule is Nc1cccc(-c2ccc(CCN3CCC(N)(C(=O)NCCc4ccccc4)CC3)cc2)n1. The standard InChI is InChI=1S/C27H33N5O/c28-25-8-4-7-24(31-25)23-11-9-22(10-12-23)14-18-32-19-15-27(29,16-20-32)26(33)30-17-13-21-5-2-1-3-6-21/h1-12H,13-20,29H2,(H2,28,31)(H,30,33). The summed E-state index contributed by atoms with van der Waals surface area (Å²) in [5.74, 6) is 0.506. The maximum atomic E-state index is 12.7. The quantitative estimate of drug-likeness (QED) is 0.497. The highest BCUT2D eigenvalue weighted by atomic mass is 16.2. The molecule has 0 radical (unpaired) electrons. The number of nitrogens with one attached hydrogen (secondary N) is 1. The third-order valence-corrected chi connectivity index (χ3v) is 6.48. The molecule has 0 atom stereocenters. The van der Waals surface area contributed by atoms with Gasteiger partial charge in [0.25, 0.3) is 0 Å². The van der Waals surface area contributed by atoms with E-state index in [1.807, 2.05) is 30.3 Å². The molecular formula is C27H33N5O. The van der Waals surface area contributed by atoms with Crippen LogP contribution in [0.1, 0.15) is 24.0 Å². The van der Waals surface area contributed by atoms with E-state index in [-0.39, 0.29) is 5.91 Å². The number of hydrogen-bond acceptors (Lipinski definition) is 5. The van der Waals surface area contributed by atoms with E-state index in [1.165, 1.54) is 11.1 Å². The van der Waals surface area contributed by atoms with Crippen molar-refractivity contribution in [3.8, 4) is 11.3 Å². The van der Waals surface area contributed by atoms with Gasteiger partial charge in [0.1, 0.15) is 5.82 Å². The smallest absolute Gasteiger partial charge is 0.240 e. The minimum absolute atomic E-state index is 0.0242. The first-order valence-corrected chi connectivity index (χ1v) is 11.7. The molecule has 0 saturated carbocycles. The number of amides is 1. The molecule has 1 saturated heterocycles. The van der Waals surface area contributed by atoms with Crippen LogP contribution in [0.5, 0.6) is 0 Å². The van der Waals surface area contributed by atoms with Crippen LogP contribution in [-0.2, 0) is 17.6 Å². The van der Waals surface area contributed by atoms with Gasteiger partial charge in [0.2, 0.25) is 5.91 Å². The molecule has 6 heteroatoms. The molecule has 1 aliphatic heterocycles. The predicted octanol–water partition coefficient (Wildman–Crippen LogP) is 3.03. The van der Waals surface area contributed by atoms with E-state index in [4.69, 9.17) is 11.5 Å². The van der Waals surface area contributed by atoms with E-state index in [2.05, 4.69) is 51.6 Å². The number of piperidine rings is 1. The molecule has 6 nitrogen and oxygen atoms in total. The second-order valence-corrected chi connectivity index (χ2v) is 8.88. The average molecular weight is 444 g/mol. The molecule has 5 N–H and O–H groups in total. The minimum atomic E-state index is -0.765. The molecule has 1 aromatic heterocycles. The number of nitrogen functional groups attached to an aromatic ring is 1. The van der Waals surface area contributed by atoms with Crippen LogP contribution in [0.15, 0.2) is 72.8 Å². The number of hydrogen-bond donors (Lipinski definition) is 3. The number of likely N-dealkylation sites (tertiary alicyclic amines) is 1. The Balaban J connectivity index is 1.20. The molecule has 1 aliphatic rings. The van der Waals surface area contributed by atoms with E-state index < -0.39 is 5.54 Å². The van der Waals surface area contributed by atoms with Gasteiger partial charge in [-0.25, -0.2) is 4.98 Å². The number of carbonyl (C=O) groups excluding carboxylic acids is 1. The van der Waals surface area contributed by atoms with Crippen LogP contribution in [0.3, 0.4) is 0 Å². The van der Waals surface area contributed by atoms with Crippen LogP contribution in [0.25, 0.3) is 11.3 Å². The lowest BCUT2D eigenvalue weighted by Crippen LogP contribution is -2.59. The number of carbonyl (C=O) groups is 1. The highest BCUT2D eigenvalue weighted by molar-refractivity contribution is 5.86. The number of nitrogens with zero attached hydrogens (tertiary/aromatic N) is 2. The first kappa shape index (κ1) is 23.0. The van der Waals surface area contributed by atoms with Crippen molar-refractivity contribution in [2.75, 3.05) is 31.9 Å². The molecule has 2 aromatic carbocycles. The Morgan fingerprint density at radius 1 is 0.909 bits per heavy atom. The lowest BCUT2D eigenvalue weighted by atomic mass is 9.87. The highest BCUT2D eigenvalue weighted by Crippen LogP contribution is 2.22. The molecule has 0 spiro atoms. The second kappa shape index (κ2) is 10.6. The van der Waals surface area contributed by atoms with Gasteiger partial charge in [-0.05, 0) is 48.9 Å². The molecule has 4 rings (SSSR count). The number of nitrogens with two attached hydrogens (primary N) is 2. The van der Waals surface area contributed by atoms with Gasteiger partial charge >= 0.3 is 0 Å². The van der Waals surface area contributed by atoms with Gasteiger partial charge in [0, 0.05) is 31.7 Å². The van der Waals surface area contributed by atoms with E-state index in [9.17, 15) is 4.79 Å². The zero-order valence-corrected chi connectivity index (χ0v) is 19.0. The third-order valence-electron chi connectivity index (χ3n) is 6.48. The Labute approximate surface area is 196 Å². The summed E-state index contributed by atoms with van der Waals surface area (Å²) < 4.78 is 0. The fourth-order valence-electron chi connectivity index (χ4n) is 4.29. The van der Waals surface area contributed by atoms with Crippen molar-refractivity contribution in [1.82, 2.24) is 15.2 Å². The van der Waals surface area contributed by atoms with E-state index in [0.717, 1.165) is 43.7 Å². The van der Waals surface area contributed by atoms with Crippen molar-refractivity contribution in [3.63, 3.8) is 0 Å². The van der Waals surface area contributed by atoms with Gasteiger partial charge in [-0.15, -0.1) is 0 Å². The summed E-state index contributed by atoms with van der Waals surface area (Å²) in [5.41, 5.74) is 16.0. The van der Waals surface area contributed by atoms with Crippen LogP contribution in [0.2, 0.25) is 0 Å². The summed E-state index contributed by atoms with van der Waals surface area (Å²) in [6.07, 6.45) is 3.15. The molecule has 1 amide bonds. The maximum absolute atomic E-state index is 12.7. The summed E-state index contributed by atoms with van der Waals surface area (Å²) >= 11 is 0. The number of pyridine rings is 1. The molecule has 33 heavy (non-hydrogen) atoms. The normalized spacial score (nSPS) is 15.8. The van der Waals surface area contributed by atoms with Gasteiger partial charge in [0.05, 0.1) is 11.2 Å². The highest BCUT2D eigenvalue weighted by Gasteiger charge is 2.37. The summed E-state index contributed by atoms with van der Waals surface area (Å²) in [5, 5.41) is 3.04. The Hall–Kier alpha value is -3.22. The number of rotatable bonds is 8. The van der Waals surface area contributed by atoms with Crippen LogP contribution < -0.4 is 16.8 Å². The maximum Gasteiger partial charge on any atom is 0.240 e. The van der Waals surface area contributed by atoms with E-state index >= 15 is 0 Å². The second-order valence-electron chi connectivity index (χ2n) is 8.88. The Bertz CT molecular complexity index is 1040. The monoisotopic (exact) mass is 443 g/mol. The molecule has 1 fully saturated rings. The molecule has 0 aliphatic carbocycles. The fraction of sp³-hybridized carbons (Fsp3) is 0.333. The van der Waals surface area contributed by atoms with E-state index in [0.29, 0.717) is 25.2 Å². The fourth-order valence-corrected chi connectivity index (χ4v) is 4.29. The summed E-state index contributed by atoms with van der Waals surface area (Å²) in [7, 11) is 0. The average Bonchev–Trinajstić information content (AvgIpc) is 2.85. The van der Waals surface area contributed by atoms with Crippen LogP contribution >= 0.6 is 0 Å². The number of anilines is 1. The number of benzene rings is 2. The van der Waals surface area contributed by atoms with Crippen LogP contribution in [-0.4, -0.2) is 47.5 Å². The molecule has 2 heterocycles. The largest absolute Gasteiger partial charge is 0.384 e. The van der Waals surface area contributed by atoms with Crippen LogP contribution in [0, 0.1) is 0 Å². The first-order valence-electron chi connectivity index (χ1n) is 11.7. The minimum Gasteiger partial charge on any atom is -0.384 e. The van der Waals surface area contributed by atoms with Crippen molar-refractivity contribution in [3.05, 3.63) is 83.9 Å². The molecule has 172 valence electrons. The third kappa shape index (κ3) is 6.18. The number of aromatic nitrogens is 1. The summed E-state index contributed by atoms with van der Waals surface area (Å²) in [6.45, 7) is 3.26. The lowest BCUT2D eigenvalue weighted by molar-refractivity contribution is -0.128. The molecule has 0 bridgehead atoms. The van der Waals surface area contributed by atoms with Crippen molar-refractivity contribution >= 4 is 11.7 Å². The lowest BCUT2D eigenvalue weighted by Gasteiger charge is -2.38. The zero-order valence-electron chi connectivity index (χ0n) is 19.0. The van der Waals surface area contributed by atoms with Gasteiger partial charge < -0.3 is 21.7 Å². The van der Waals surface area contributed by atoms with Gasteiger partial charge in [-0.3, -0.25) is 4.79 Å². The molecule has 3 aromatic rings. The molecule has 0 unspecified atom stereocenters. The van der Waals surface area contributed by atoms with Crippen molar-refractivity contribution in [2.45, 2.75) is 31.2 Å². The predicted molar refractivity (Wildman–Crippen MR) is 134 cm³/mol. The summed E-state index contributed by atoms with van der Waals surface area (Å²) in [6, 6.07) is 24.4. The van der Waals surface area contributed by atoms with E-state index in [1.54, 1.807) is 6.07 Å². The van der Waals surface area contributed by atoms with Gasteiger partial charge in [-0.1, -0.05) is 60.7 Å².